The summed E-state index contributed by atoms with van der Waals surface area (Å²) in [6.45, 7) is 18.8. The fourth-order valence-electron chi connectivity index (χ4n) is 3.76. The Morgan fingerprint density at radius 1 is 1.15 bits per heavy atom. The molecule has 2 fully saturated rings. The maximum Gasteiger partial charge on any atom is 0.191 e. The van der Waals surface area contributed by atoms with Crippen LogP contribution in [0, 0.1) is 5.92 Å². The van der Waals surface area contributed by atoms with Crippen LogP contribution in [0.5, 0.6) is 0 Å². The van der Waals surface area contributed by atoms with Crippen LogP contribution in [0.4, 0.5) is 0 Å². The molecule has 152 valence electrons. The standard InChI is InChI=1S/C20H41N5O/c1-6-21-20(22-9-10-25(17(4)5)18-7-8-18)23-15-19(16(2)3)24-11-13-26-14-12-24/h16-19H,6-15H2,1-5H3,(H2,21,22,23). The molecular weight excluding hydrogens is 326 g/mol. The van der Waals surface area contributed by atoms with Crippen LogP contribution in [-0.4, -0.2) is 86.4 Å². The minimum Gasteiger partial charge on any atom is -0.379 e. The average molecular weight is 368 g/mol. The fourth-order valence-corrected chi connectivity index (χ4v) is 3.76. The predicted octanol–water partition coefficient (Wildman–Crippen LogP) is 1.77. The van der Waals surface area contributed by atoms with E-state index < -0.39 is 0 Å². The summed E-state index contributed by atoms with van der Waals surface area (Å²) in [4.78, 5) is 10.1. The zero-order valence-corrected chi connectivity index (χ0v) is 17.6. The lowest BCUT2D eigenvalue weighted by atomic mass is 10.0. The second-order valence-electron chi connectivity index (χ2n) is 8.17. The number of ether oxygens (including phenoxy) is 1. The zero-order valence-electron chi connectivity index (χ0n) is 17.6. The van der Waals surface area contributed by atoms with Crippen LogP contribution in [0.1, 0.15) is 47.5 Å². The number of guanidine groups is 1. The first kappa shape index (κ1) is 21.5. The molecule has 1 unspecified atom stereocenters. The molecule has 0 amide bonds. The molecule has 6 nitrogen and oxygen atoms in total. The molecule has 1 saturated carbocycles. The van der Waals surface area contributed by atoms with E-state index in [0.29, 0.717) is 18.0 Å². The molecule has 1 aliphatic heterocycles. The third-order valence-electron chi connectivity index (χ3n) is 5.41. The summed E-state index contributed by atoms with van der Waals surface area (Å²) < 4.78 is 5.51. The lowest BCUT2D eigenvalue weighted by Crippen LogP contribution is -2.48. The quantitative estimate of drug-likeness (QED) is 0.455. The van der Waals surface area contributed by atoms with Crippen molar-refractivity contribution in [1.29, 1.82) is 0 Å². The van der Waals surface area contributed by atoms with Crippen molar-refractivity contribution in [2.45, 2.75) is 65.6 Å². The van der Waals surface area contributed by atoms with Gasteiger partial charge in [-0.2, -0.15) is 0 Å². The number of hydrogen-bond donors (Lipinski definition) is 2. The van der Waals surface area contributed by atoms with E-state index in [1.807, 2.05) is 0 Å². The maximum atomic E-state index is 5.51. The van der Waals surface area contributed by atoms with Crippen LogP contribution >= 0.6 is 0 Å². The van der Waals surface area contributed by atoms with Gasteiger partial charge in [-0.3, -0.25) is 14.8 Å². The Hall–Kier alpha value is -0.850. The van der Waals surface area contributed by atoms with Crippen molar-refractivity contribution < 1.29 is 4.74 Å². The van der Waals surface area contributed by atoms with E-state index >= 15 is 0 Å². The molecule has 2 rings (SSSR count). The van der Waals surface area contributed by atoms with E-state index in [4.69, 9.17) is 9.73 Å². The monoisotopic (exact) mass is 367 g/mol. The van der Waals surface area contributed by atoms with Crippen molar-refractivity contribution in [3.63, 3.8) is 0 Å². The lowest BCUT2D eigenvalue weighted by Gasteiger charge is -2.36. The first-order valence-electron chi connectivity index (χ1n) is 10.6. The van der Waals surface area contributed by atoms with Gasteiger partial charge in [0, 0.05) is 50.8 Å². The molecule has 0 aromatic heterocycles. The molecule has 0 aromatic carbocycles. The van der Waals surface area contributed by atoms with E-state index in [1.165, 1.54) is 12.8 Å². The Kier molecular flexibility index (Phi) is 9.16. The van der Waals surface area contributed by atoms with E-state index in [9.17, 15) is 0 Å². The van der Waals surface area contributed by atoms with E-state index in [-0.39, 0.29) is 0 Å². The largest absolute Gasteiger partial charge is 0.379 e. The molecule has 2 aliphatic rings. The van der Waals surface area contributed by atoms with Gasteiger partial charge in [-0.05, 0) is 39.5 Å². The topological polar surface area (TPSA) is 52.1 Å². The van der Waals surface area contributed by atoms with Gasteiger partial charge in [0.25, 0.3) is 0 Å². The van der Waals surface area contributed by atoms with Crippen molar-refractivity contribution in [3.05, 3.63) is 0 Å². The molecular formula is C20H41N5O. The van der Waals surface area contributed by atoms with Crippen molar-refractivity contribution in [1.82, 2.24) is 20.4 Å². The van der Waals surface area contributed by atoms with Gasteiger partial charge in [-0.1, -0.05) is 13.8 Å². The third kappa shape index (κ3) is 7.05. The minimum atomic E-state index is 0.480. The van der Waals surface area contributed by atoms with Crippen molar-refractivity contribution in [2.75, 3.05) is 52.5 Å². The molecule has 0 bridgehead atoms. The zero-order chi connectivity index (χ0) is 18.9. The van der Waals surface area contributed by atoms with Crippen molar-refractivity contribution in [2.24, 2.45) is 10.9 Å². The minimum absolute atomic E-state index is 0.480. The molecule has 0 aromatic rings. The summed E-state index contributed by atoms with van der Waals surface area (Å²) >= 11 is 0. The SMILES string of the molecule is CCNC(=NCC(C(C)C)N1CCOCC1)NCCN(C(C)C)C1CC1. The third-order valence-corrected chi connectivity index (χ3v) is 5.41. The van der Waals surface area contributed by atoms with E-state index in [1.54, 1.807) is 0 Å². The summed E-state index contributed by atoms with van der Waals surface area (Å²) in [5.41, 5.74) is 0. The first-order chi connectivity index (χ1) is 12.5. The molecule has 6 heteroatoms. The highest BCUT2D eigenvalue weighted by Gasteiger charge is 2.30. The van der Waals surface area contributed by atoms with Gasteiger partial charge in [0.15, 0.2) is 5.96 Å². The Morgan fingerprint density at radius 3 is 2.38 bits per heavy atom. The van der Waals surface area contributed by atoms with Crippen molar-refractivity contribution >= 4 is 5.96 Å². The highest BCUT2D eigenvalue weighted by molar-refractivity contribution is 5.79. The number of rotatable bonds is 10. The summed E-state index contributed by atoms with van der Waals surface area (Å²) in [7, 11) is 0. The van der Waals surface area contributed by atoms with Crippen LogP contribution in [0.2, 0.25) is 0 Å². The first-order valence-corrected chi connectivity index (χ1v) is 10.6. The fraction of sp³-hybridized carbons (Fsp3) is 0.950. The molecule has 1 heterocycles. The van der Waals surface area contributed by atoms with Crippen LogP contribution in [-0.2, 0) is 4.74 Å². The smallest absolute Gasteiger partial charge is 0.191 e. The highest BCUT2D eigenvalue weighted by atomic mass is 16.5. The number of hydrogen-bond acceptors (Lipinski definition) is 4. The second-order valence-corrected chi connectivity index (χ2v) is 8.17. The summed E-state index contributed by atoms with van der Waals surface area (Å²) in [5.74, 6) is 1.54. The molecule has 1 aliphatic carbocycles. The Labute approximate surface area is 160 Å². The number of aliphatic imine (C=N–C) groups is 1. The maximum absolute atomic E-state index is 5.51. The lowest BCUT2D eigenvalue weighted by molar-refractivity contribution is 0.00867. The van der Waals surface area contributed by atoms with Gasteiger partial charge in [0.05, 0.1) is 19.8 Å². The van der Waals surface area contributed by atoms with Crippen molar-refractivity contribution in [3.8, 4) is 0 Å². The van der Waals surface area contributed by atoms with Gasteiger partial charge in [0.2, 0.25) is 0 Å². The second kappa shape index (κ2) is 11.1. The summed E-state index contributed by atoms with van der Waals surface area (Å²) in [5, 5.41) is 6.94. The van der Waals surface area contributed by atoms with E-state index in [2.05, 4.69) is 55.1 Å². The predicted molar refractivity (Wildman–Crippen MR) is 110 cm³/mol. The average Bonchev–Trinajstić information content (AvgIpc) is 3.44. The highest BCUT2D eigenvalue weighted by Crippen LogP contribution is 2.27. The summed E-state index contributed by atoms with van der Waals surface area (Å²) in [6.07, 6.45) is 2.73. The van der Waals surface area contributed by atoms with Crippen LogP contribution < -0.4 is 10.6 Å². The van der Waals surface area contributed by atoms with Crippen LogP contribution in [0.15, 0.2) is 4.99 Å². The molecule has 26 heavy (non-hydrogen) atoms. The van der Waals surface area contributed by atoms with Crippen LogP contribution in [0.3, 0.4) is 0 Å². The molecule has 0 spiro atoms. The Bertz CT molecular complexity index is 414. The van der Waals surface area contributed by atoms with Gasteiger partial charge < -0.3 is 15.4 Å². The summed E-state index contributed by atoms with van der Waals surface area (Å²) in [6, 6.07) is 1.91. The van der Waals surface area contributed by atoms with Gasteiger partial charge in [-0.25, -0.2) is 0 Å². The van der Waals surface area contributed by atoms with Crippen LogP contribution in [0.25, 0.3) is 0 Å². The number of nitrogens with one attached hydrogen (secondary N) is 2. The van der Waals surface area contributed by atoms with Gasteiger partial charge in [0.1, 0.15) is 0 Å². The molecule has 1 saturated heterocycles. The van der Waals surface area contributed by atoms with Gasteiger partial charge in [-0.15, -0.1) is 0 Å². The van der Waals surface area contributed by atoms with E-state index in [0.717, 1.165) is 64.5 Å². The molecule has 2 N–H and O–H groups in total. The normalized spacial score (nSPS) is 20.8. The number of nitrogens with zero attached hydrogens (tertiary/aromatic N) is 3. The molecule has 0 radical (unpaired) electrons. The Balaban J connectivity index is 1.85. The van der Waals surface area contributed by atoms with Gasteiger partial charge >= 0.3 is 0 Å². The Morgan fingerprint density at radius 2 is 1.85 bits per heavy atom. The number of morpholine rings is 1. The molecule has 1 atom stereocenters.